The number of nitro benzene ring substituents is 1. The zero-order valence-electron chi connectivity index (χ0n) is 15.7. The molecule has 1 amide bonds. The highest BCUT2D eigenvalue weighted by molar-refractivity contribution is 6.01. The maximum Gasteiger partial charge on any atom is 0.271 e. The number of nitro groups is 1. The number of amides is 1. The summed E-state index contributed by atoms with van der Waals surface area (Å²) in [5.74, 6) is 0.270. The Morgan fingerprint density at radius 2 is 1.72 bits per heavy atom. The standard InChI is InChI=1S/C22H19N3O4/c1-16(19-8-5-9-20(14-19)25(27)28)23-24-22(26)18-10-12-21(13-11-18)29-15-17-6-3-2-4-7-17/h2-14H,15H2,1H3,(H,24,26). The molecule has 29 heavy (non-hydrogen) atoms. The summed E-state index contributed by atoms with van der Waals surface area (Å²) in [6.07, 6.45) is 0. The Kier molecular flexibility index (Phi) is 6.32. The van der Waals surface area contributed by atoms with Gasteiger partial charge in [0.25, 0.3) is 11.6 Å². The number of ether oxygens (including phenoxy) is 1. The number of nitrogens with one attached hydrogen (secondary N) is 1. The fraction of sp³-hybridized carbons (Fsp3) is 0.0909. The molecule has 3 aromatic carbocycles. The van der Waals surface area contributed by atoms with Crippen LogP contribution >= 0.6 is 0 Å². The topological polar surface area (TPSA) is 93.8 Å². The molecule has 7 heteroatoms. The highest BCUT2D eigenvalue weighted by Gasteiger charge is 2.09. The number of rotatable bonds is 7. The van der Waals surface area contributed by atoms with Crippen LogP contribution in [-0.4, -0.2) is 16.5 Å². The zero-order valence-corrected chi connectivity index (χ0v) is 15.7. The lowest BCUT2D eigenvalue weighted by Gasteiger charge is -2.07. The molecule has 0 radical (unpaired) electrons. The molecule has 0 aliphatic carbocycles. The number of hydrogen-bond donors (Lipinski definition) is 1. The third kappa shape index (κ3) is 5.49. The number of carbonyl (C=O) groups is 1. The van der Waals surface area contributed by atoms with Crippen molar-refractivity contribution in [1.82, 2.24) is 5.43 Å². The van der Waals surface area contributed by atoms with E-state index in [0.29, 0.717) is 29.2 Å². The van der Waals surface area contributed by atoms with Crippen LogP contribution in [0, 0.1) is 10.1 Å². The van der Waals surface area contributed by atoms with Crippen molar-refractivity contribution >= 4 is 17.3 Å². The quantitative estimate of drug-likeness (QED) is 0.370. The molecule has 0 bridgehead atoms. The van der Waals surface area contributed by atoms with Gasteiger partial charge in [0.05, 0.1) is 10.6 Å². The van der Waals surface area contributed by atoms with Crippen molar-refractivity contribution in [1.29, 1.82) is 0 Å². The lowest BCUT2D eigenvalue weighted by molar-refractivity contribution is -0.384. The van der Waals surface area contributed by atoms with Gasteiger partial charge in [-0.05, 0) is 36.8 Å². The molecule has 1 N–H and O–H groups in total. The lowest BCUT2D eigenvalue weighted by atomic mass is 10.1. The number of nitrogens with zero attached hydrogens (tertiary/aromatic N) is 2. The summed E-state index contributed by atoms with van der Waals surface area (Å²) in [6.45, 7) is 2.11. The molecule has 0 saturated heterocycles. The van der Waals surface area contributed by atoms with E-state index in [1.807, 2.05) is 30.3 Å². The predicted molar refractivity (Wildman–Crippen MR) is 110 cm³/mol. The summed E-state index contributed by atoms with van der Waals surface area (Å²) < 4.78 is 5.70. The van der Waals surface area contributed by atoms with Crippen LogP contribution in [0.25, 0.3) is 0 Å². The van der Waals surface area contributed by atoms with E-state index in [2.05, 4.69) is 10.5 Å². The van der Waals surface area contributed by atoms with E-state index >= 15 is 0 Å². The molecule has 0 spiro atoms. The third-order valence-corrected chi connectivity index (χ3v) is 4.16. The second-order valence-corrected chi connectivity index (χ2v) is 6.24. The van der Waals surface area contributed by atoms with E-state index in [9.17, 15) is 14.9 Å². The van der Waals surface area contributed by atoms with Crippen molar-refractivity contribution in [2.75, 3.05) is 0 Å². The van der Waals surface area contributed by atoms with Crippen molar-refractivity contribution < 1.29 is 14.5 Å². The van der Waals surface area contributed by atoms with Crippen molar-refractivity contribution in [2.24, 2.45) is 5.10 Å². The maximum atomic E-state index is 12.3. The maximum absolute atomic E-state index is 12.3. The summed E-state index contributed by atoms with van der Waals surface area (Å²) in [5, 5.41) is 14.9. The fourth-order valence-corrected chi connectivity index (χ4v) is 2.55. The lowest BCUT2D eigenvalue weighted by Crippen LogP contribution is -2.19. The summed E-state index contributed by atoms with van der Waals surface area (Å²) in [4.78, 5) is 22.7. The molecule has 3 aromatic rings. The molecule has 146 valence electrons. The van der Waals surface area contributed by atoms with Gasteiger partial charge in [0.2, 0.25) is 0 Å². The highest BCUT2D eigenvalue weighted by atomic mass is 16.6. The van der Waals surface area contributed by atoms with Gasteiger partial charge in [-0.1, -0.05) is 42.5 Å². The Morgan fingerprint density at radius 3 is 2.41 bits per heavy atom. The van der Waals surface area contributed by atoms with Crippen LogP contribution in [0.3, 0.4) is 0 Å². The molecular weight excluding hydrogens is 370 g/mol. The van der Waals surface area contributed by atoms with Gasteiger partial charge >= 0.3 is 0 Å². The fourth-order valence-electron chi connectivity index (χ4n) is 2.55. The van der Waals surface area contributed by atoms with Gasteiger partial charge in [-0.15, -0.1) is 0 Å². The Hall–Kier alpha value is -4.00. The monoisotopic (exact) mass is 389 g/mol. The third-order valence-electron chi connectivity index (χ3n) is 4.16. The molecule has 0 aliphatic heterocycles. The van der Waals surface area contributed by atoms with E-state index < -0.39 is 4.92 Å². The molecule has 0 atom stereocenters. The number of hydrogen-bond acceptors (Lipinski definition) is 5. The van der Waals surface area contributed by atoms with E-state index in [1.165, 1.54) is 12.1 Å². The van der Waals surface area contributed by atoms with Crippen molar-refractivity contribution in [3.05, 3.63) is 106 Å². The average molecular weight is 389 g/mol. The SMILES string of the molecule is CC(=NNC(=O)c1ccc(OCc2ccccc2)cc1)c1cccc([N+](=O)[O-])c1. The van der Waals surface area contributed by atoms with E-state index in [-0.39, 0.29) is 11.6 Å². The highest BCUT2D eigenvalue weighted by Crippen LogP contribution is 2.15. The largest absolute Gasteiger partial charge is 0.489 e. The Morgan fingerprint density at radius 1 is 1.00 bits per heavy atom. The smallest absolute Gasteiger partial charge is 0.271 e. The van der Waals surface area contributed by atoms with Crippen LogP contribution < -0.4 is 10.2 Å². The second-order valence-electron chi connectivity index (χ2n) is 6.24. The van der Waals surface area contributed by atoms with Crippen LogP contribution in [0.5, 0.6) is 5.75 Å². The Balaban J connectivity index is 1.59. The van der Waals surface area contributed by atoms with Crippen molar-refractivity contribution in [3.8, 4) is 5.75 Å². The zero-order chi connectivity index (χ0) is 20.6. The first-order valence-electron chi connectivity index (χ1n) is 8.89. The first kappa shape index (κ1) is 19.8. The van der Waals surface area contributed by atoms with Crippen LogP contribution in [0.1, 0.15) is 28.4 Å². The second kappa shape index (κ2) is 9.27. The predicted octanol–water partition coefficient (Wildman–Crippen LogP) is 4.33. The van der Waals surface area contributed by atoms with E-state index in [0.717, 1.165) is 5.56 Å². The van der Waals surface area contributed by atoms with Gasteiger partial charge in [-0.3, -0.25) is 14.9 Å². The average Bonchev–Trinajstić information content (AvgIpc) is 2.77. The molecule has 0 aliphatic rings. The molecule has 0 aromatic heterocycles. The first-order valence-corrected chi connectivity index (χ1v) is 8.89. The normalized spacial score (nSPS) is 11.0. The molecule has 0 unspecified atom stereocenters. The van der Waals surface area contributed by atoms with Gasteiger partial charge in [0, 0.05) is 23.3 Å². The molecule has 0 saturated carbocycles. The summed E-state index contributed by atoms with van der Waals surface area (Å²) in [6, 6.07) is 22.6. The van der Waals surface area contributed by atoms with Gasteiger partial charge in [-0.2, -0.15) is 5.10 Å². The van der Waals surface area contributed by atoms with Crippen LogP contribution in [0.15, 0.2) is 84.0 Å². The van der Waals surface area contributed by atoms with Crippen LogP contribution in [0.2, 0.25) is 0 Å². The van der Waals surface area contributed by atoms with Crippen LogP contribution in [0.4, 0.5) is 5.69 Å². The van der Waals surface area contributed by atoms with Gasteiger partial charge in [0.15, 0.2) is 0 Å². The van der Waals surface area contributed by atoms with Crippen LogP contribution in [-0.2, 0) is 6.61 Å². The van der Waals surface area contributed by atoms with Gasteiger partial charge in [0.1, 0.15) is 12.4 Å². The number of benzene rings is 3. The Bertz CT molecular complexity index is 1030. The number of carbonyl (C=O) groups excluding carboxylic acids is 1. The first-order chi connectivity index (χ1) is 14.0. The minimum Gasteiger partial charge on any atom is -0.489 e. The summed E-state index contributed by atoms with van der Waals surface area (Å²) >= 11 is 0. The molecular formula is C22H19N3O4. The van der Waals surface area contributed by atoms with E-state index in [1.54, 1.807) is 43.3 Å². The van der Waals surface area contributed by atoms with Crippen molar-refractivity contribution in [3.63, 3.8) is 0 Å². The Labute approximate surface area is 167 Å². The summed E-state index contributed by atoms with van der Waals surface area (Å²) in [5.41, 5.74) is 4.93. The minimum atomic E-state index is -0.475. The number of non-ortho nitro benzene ring substituents is 1. The molecule has 0 heterocycles. The minimum absolute atomic E-state index is 0.0329. The van der Waals surface area contributed by atoms with E-state index in [4.69, 9.17) is 4.74 Å². The molecule has 3 rings (SSSR count). The van der Waals surface area contributed by atoms with Gasteiger partial charge < -0.3 is 4.74 Å². The van der Waals surface area contributed by atoms with Gasteiger partial charge in [-0.25, -0.2) is 5.43 Å². The molecule has 0 fully saturated rings. The number of hydrazone groups is 1. The van der Waals surface area contributed by atoms with Crippen molar-refractivity contribution in [2.45, 2.75) is 13.5 Å². The summed E-state index contributed by atoms with van der Waals surface area (Å²) in [7, 11) is 0. The molecule has 7 nitrogen and oxygen atoms in total.